The van der Waals surface area contributed by atoms with Crippen LogP contribution in [0.25, 0.3) is 22.3 Å². The molecule has 1 aliphatic carbocycles. The minimum Gasteiger partial charge on any atom is -0.490 e. The normalized spacial score (nSPS) is 16.6. The summed E-state index contributed by atoms with van der Waals surface area (Å²) >= 11 is 0. The van der Waals surface area contributed by atoms with Crippen molar-refractivity contribution in [2.75, 3.05) is 6.61 Å². The van der Waals surface area contributed by atoms with Gasteiger partial charge in [0, 0.05) is 5.56 Å². The minimum atomic E-state index is -0.952. The van der Waals surface area contributed by atoms with E-state index in [2.05, 4.69) is 13.8 Å². The van der Waals surface area contributed by atoms with Gasteiger partial charge in [0.2, 0.25) is 5.82 Å². The molecule has 3 aromatic rings. The van der Waals surface area contributed by atoms with Gasteiger partial charge in [0.05, 0.1) is 6.61 Å². The van der Waals surface area contributed by atoms with Crippen LogP contribution in [0.1, 0.15) is 141 Å². The van der Waals surface area contributed by atoms with E-state index in [0.717, 1.165) is 54.7 Å². The van der Waals surface area contributed by atoms with Crippen LogP contribution < -0.4 is 4.74 Å². The van der Waals surface area contributed by atoms with Crippen LogP contribution in [0.15, 0.2) is 54.6 Å². The van der Waals surface area contributed by atoms with E-state index in [9.17, 15) is 4.39 Å². The number of rotatable bonds is 19. The summed E-state index contributed by atoms with van der Waals surface area (Å²) < 4.78 is 50.7. The van der Waals surface area contributed by atoms with E-state index in [1.165, 1.54) is 89.5 Å². The fourth-order valence-corrected chi connectivity index (χ4v) is 6.96. The van der Waals surface area contributed by atoms with Crippen molar-refractivity contribution in [2.45, 2.75) is 135 Å². The molecular formula is C41H55F3O. The van der Waals surface area contributed by atoms with Gasteiger partial charge in [-0.05, 0) is 84.4 Å². The molecule has 0 saturated heterocycles. The van der Waals surface area contributed by atoms with Crippen LogP contribution >= 0.6 is 0 Å². The number of benzene rings is 3. The molecule has 1 aliphatic rings. The molecule has 0 unspecified atom stereocenters. The van der Waals surface area contributed by atoms with Crippen molar-refractivity contribution >= 4 is 0 Å². The van der Waals surface area contributed by atoms with Crippen LogP contribution in [0.4, 0.5) is 13.2 Å². The first-order chi connectivity index (χ1) is 22.0. The molecule has 4 heteroatoms. The first-order valence-corrected chi connectivity index (χ1v) is 18.0. The van der Waals surface area contributed by atoms with Crippen molar-refractivity contribution in [3.05, 3.63) is 77.6 Å². The molecule has 4 rings (SSSR count). The predicted molar refractivity (Wildman–Crippen MR) is 183 cm³/mol. The fraction of sp³-hybridized carbons (Fsp3) is 0.561. The Morgan fingerprint density at radius 2 is 1.16 bits per heavy atom. The van der Waals surface area contributed by atoms with E-state index < -0.39 is 11.6 Å². The zero-order chi connectivity index (χ0) is 31.9. The Balaban J connectivity index is 1.27. The highest BCUT2D eigenvalue weighted by molar-refractivity contribution is 5.71. The lowest BCUT2D eigenvalue weighted by Crippen LogP contribution is -2.14. The van der Waals surface area contributed by atoms with Crippen LogP contribution in [0, 0.1) is 23.4 Å². The van der Waals surface area contributed by atoms with E-state index in [1.807, 2.05) is 24.3 Å². The Bertz CT molecular complexity index is 1280. The molecule has 0 amide bonds. The number of hydrogen-bond donors (Lipinski definition) is 0. The zero-order valence-electron chi connectivity index (χ0n) is 27.8. The summed E-state index contributed by atoms with van der Waals surface area (Å²) in [5.41, 5.74) is 3.24. The van der Waals surface area contributed by atoms with Crippen molar-refractivity contribution in [3.63, 3.8) is 0 Å². The molecular weight excluding hydrogens is 565 g/mol. The van der Waals surface area contributed by atoms with Gasteiger partial charge in [-0.1, -0.05) is 134 Å². The maximum absolute atomic E-state index is 15.4. The lowest BCUT2D eigenvalue weighted by atomic mass is 9.76. The Hall–Kier alpha value is -2.75. The highest BCUT2D eigenvalue weighted by atomic mass is 19.2. The Labute approximate surface area is 271 Å². The molecule has 45 heavy (non-hydrogen) atoms. The van der Waals surface area contributed by atoms with Gasteiger partial charge in [0.25, 0.3) is 0 Å². The number of hydrogen-bond acceptors (Lipinski definition) is 1. The number of halogens is 3. The number of ether oxygens (including phenoxy) is 1. The number of unbranched alkanes of at least 4 members (excludes halogenated alkanes) is 11. The average Bonchev–Trinajstić information content (AvgIpc) is 3.06. The maximum atomic E-state index is 15.4. The van der Waals surface area contributed by atoms with Gasteiger partial charge < -0.3 is 4.74 Å². The van der Waals surface area contributed by atoms with Crippen LogP contribution in [0.3, 0.4) is 0 Å². The molecule has 1 saturated carbocycles. The molecule has 0 bridgehead atoms. The standard InChI is InChI=1S/C41H55F3O/c1-3-5-7-9-11-12-14-16-31-17-19-33(20-18-31)36-26-25-35(30-38(36)42)32-21-23-34(24-22-32)37-27-28-39(41(44)40(37)43)45-29-15-13-10-8-6-4-2/h21-28,30-31,33H,3-20,29H2,1-2H3. The van der Waals surface area contributed by atoms with Crippen LogP contribution in [-0.2, 0) is 0 Å². The third-order valence-electron chi connectivity index (χ3n) is 9.83. The Morgan fingerprint density at radius 1 is 0.578 bits per heavy atom. The van der Waals surface area contributed by atoms with Gasteiger partial charge in [-0.25, -0.2) is 8.78 Å². The van der Waals surface area contributed by atoms with Gasteiger partial charge in [0.15, 0.2) is 11.6 Å². The van der Waals surface area contributed by atoms with Crippen LogP contribution in [0.5, 0.6) is 5.75 Å². The zero-order valence-corrected chi connectivity index (χ0v) is 27.8. The molecule has 0 aliphatic heterocycles. The van der Waals surface area contributed by atoms with Crippen molar-refractivity contribution < 1.29 is 17.9 Å². The summed E-state index contributed by atoms with van der Waals surface area (Å²) in [5.74, 6) is -0.953. The highest BCUT2D eigenvalue weighted by Gasteiger charge is 2.24. The minimum absolute atomic E-state index is 0.0429. The summed E-state index contributed by atoms with van der Waals surface area (Å²) in [5, 5.41) is 0. The molecule has 0 spiro atoms. The van der Waals surface area contributed by atoms with Crippen molar-refractivity contribution in [3.8, 4) is 28.0 Å². The van der Waals surface area contributed by atoms with Crippen LogP contribution in [0.2, 0.25) is 0 Å². The molecule has 0 N–H and O–H groups in total. The van der Waals surface area contributed by atoms with Crippen LogP contribution in [-0.4, -0.2) is 6.61 Å². The van der Waals surface area contributed by atoms with Gasteiger partial charge in [-0.15, -0.1) is 0 Å². The third kappa shape index (κ3) is 10.6. The quantitative estimate of drug-likeness (QED) is 0.121. The molecule has 0 radical (unpaired) electrons. The topological polar surface area (TPSA) is 9.23 Å². The lowest BCUT2D eigenvalue weighted by molar-refractivity contribution is 0.285. The first kappa shape index (κ1) is 35.1. The van der Waals surface area contributed by atoms with Crippen molar-refractivity contribution in [1.82, 2.24) is 0 Å². The second-order valence-corrected chi connectivity index (χ2v) is 13.3. The average molecular weight is 621 g/mol. The summed E-state index contributed by atoms with van der Waals surface area (Å²) in [6, 6.07) is 15.9. The van der Waals surface area contributed by atoms with E-state index in [0.29, 0.717) is 18.1 Å². The van der Waals surface area contributed by atoms with Crippen molar-refractivity contribution in [2.24, 2.45) is 5.92 Å². The summed E-state index contributed by atoms with van der Waals surface area (Å²) in [4.78, 5) is 0. The molecule has 246 valence electrons. The van der Waals surface area contributed by atoms with E-state index >= 15 is 8.78 Å². The van der Waals surface area contributed by atoms with Gasteiger partial charge in [-0.2, -0.15) is 4.39 Å². The molecule has 0 aromatic heterocycles. The van der Waals surface area contributed by atoms with E-state index in [4.69, 9.17) is 4.74 Å². The maximum Gasteiger partial charge on any atom is 0.201 e. The lowest BCUT2D eigenvalue weighted by Gasteiger charge is -2.29. The summed E-state index contributed by atoms with van der Waals surface area (Å²) in [6.45, 7) is 4.82. The highest BCUT2D eigenvalue weighted by Crippen LogP contribution is 2.40. The van der Waals surface area contributed by atoms with Gasteiger partial charge in [0.1, 0.15) is 5.82 Å². The Morgan fingerprint density at radius 3 is 1.80 bits per heavy atom. The molecule has 0 heterocycles. The fourth-order valence-electron chi connectivity index (χ4n) is 6.96. The SMILES string of the molecule is CCCCCCCCCC1CCC(c2ccc(-c3ccc(-c4ccc(OCCCCCCCC)c(F)c4F)cc3)cc2F)CC1. The molecule has 1 nitrogen and oxygen atoms in total. The molecule has 3 aromatic carbocycles. The van der Waals surface area contributed by atoms with Crippen molar-refractivity contribution in [1.29, 1.82) is 0 Å². The third-order valence-corrected chi connectivity index (χ3v) is 9.83. The predicted octanol–water partition coefficient (Wildman–Crippen LogP) is 13.6. The van der Waals surface area contributed by atoms with E-state index in [-0.39, 0.29) is 17.1 Å². The summed E-state index contributed by atoms with van der Waals surface area (Å²) in [6.07, 6.45) is 22.0. The monoisotopic (exact) mass is 620 g/mol. The largest absolute Gasteiger partial charge is 0.490 e. The van der Waals surface area contributed by atoms with E-state index in [1.54, 1.807) is 24.3 Å². The second kappa shape index (κ2) is 19.0. The molecule has 1 fully saturated rings. The second-order valence-electron chi connectivity index (χ2n) is 13.3. The molecule has 0 atom stereocenters. The first-order valence-electron chi connectivity index (χ1n) is 18.0. The van der Waals surface area contributed by atoms with Gasteiger partial charge in [-0.3, -0.25) is 0 Å². The Kier molecular flexibility index (Phi) is 14.9. The smallest absolute Gasteiger partial charge is 0.201 e. The van der Waals surface area contributed by atoms with Gasteiger partial charge >= 0.3 is 0 Å². The summed E-state index contributed by atoms with van der Waals surface area (Å²) in [7, 11) is 0.